The summed E-state index contributed by atoms with van der Waals surface area (Å²) < 4.78 is 0. The van der Waals surface area contributed by atoms with Gasteiger partial charge in [-0.3, -0.25) is 10.1 Å². The molecule has 23 heavy (non-hydrogen) atoms. The summed E-state index contributed by atoms with van der Waals surface area (Å²) in [6.07, 6.45) is 1.31. The van der Waals surface area contributed by atoms with Crippen molar-refractivity contribution in [3.63, 3.8) is 0 Å². The summed E-state index contributed by atoms with van der Waals surface area (Å²) in [5, 5.41) is 10.8. The summed E-state index contributed by atoms with van der Waals surface area (Å²) in [6, 6.07) is 17.6. The second kappa shape index (κ2) is 5.72. The van der Waals surface area contributed by atoms with Gasteiger partial charge in [-0.2, -0.15) is 0 Å². The van der Waals surface area contributed by atoms with Crippen molar-refractivity contribution in [2.24, 2.45) is 0 Å². The minimum Gasteiger partial charge on any atom is -0.258 e. The number of pyridine rings is 1. The first kappa shape index (κ1) is 14.3. The van der Waals surface area contributed by atoms with E-state index in [-0.39, 0.29) is 5.69 Å². The summed E-state index contributed by atoms with van der Waals surface area (Å²) in [5.41, 5.74) is 1.76. The fourth-order valence-corrected chi connectivity index (χ4v) is 4.79. The van der Waals surface area contributed by atoms with Gasteiger partial charge in [-0.15, -0.1) is 0 Å². The van der Waals surface area contributed by atoms with Crippen molar-refractivity contribution >= 4 is 29.2 Å². The lowest BCUT2D eigenvalue weighted by molar-refractivity contribution is -0.385. The molecule has 0 saturated heterocycles. The van der Waals surface area contributed by atoms with Gasteiger partial charge in [0.05, 0.1) is 10.6 Å². The highest BCUT2D eigenvalue weighted by atomic mass is 32.2. The van der Waals surface area contributed by atoms with Crippen molar-refractivity contribution in [1.29, 1.82) is 0 Å². The molecule has 0 saturated carbocycles. The first-order valence-electron chi connectivity index (χ1n) is 6.91. The van der Waals surface area contributed by atoms with Crippen LogP contribution in [0.15, 0.2) is 80.4 Å². The number of fused-ring (bicyclic) bond motifs is 2. The molecule has 0 fully saturated rings. The summed E-state index contributed by atoms with van der Waals surface area (Å²) in [4.78, 5) is 19.4. The van der Waals surface area contributed by atoms with Gasteiger partial charge in [0.25, 0.3) is 5.69 Å². The Balaban J connectivity index is 1.79. The van der Waals surface area contributed by atoms with Gasteiger partial charge < -0.3 is 0 Å². The predicted octanol–water partition coefficient (Wildman–Crippen LogP) is 5.27. The van der Waals surface area contributed by atoms with Crippen LogP contribution in [0.4, 0.5) is 5.69 Å². The molecule has 0 amide bonds. The Morgan fingerprint density at radius 3 is 2.30 bits per heavy atom. The highest BCUT2D eigenvalue weighted by Crippen LogP contribution is 2.51. The van der Waals surface area contributed by atoms with Gasteiger partial charge in [-0.1, -0.05) is 47.8 Å². The number of benzene rings is 2. The Labute approximate surface area is 141 Å². The van der Waals surface area contributed by atoms with Crippen molar-refractivity contribution in [2.45, 2.75) is 19.6 Å². The molecule has 1 aliphatic rings. The maximum atomic E-state index is 10.8. The van der Waals surface area contributed by atoms with Crippen molar-refractivity contribution in [3.05, 3.63) is 70.9 Å². The molecule has 2 heterocycles. The number of nitro groups is 1. The Bertz CT molecular complexity index is 911. The molecule has 0 aliphatic carbocycles. The molecule has 1 aliphatic heterocycles. The lowest BCUT2D eigenvalue weighted by atomic mass is 10.1. The smallest absolute Gasteiger partial charge is 0.258 e. The van der Waals surface area contributed by atoms with E-state index >= 15 is 0 Å². The lowest BCUT2D eigenvalue weighted by Crippen LogP contribution is -1.94. The van der Waals surface area contributed by atoms with E-state index in [4.69, 9.17) is 0 Å². The van der Waals surface area contributed by atoms with Gasteiger partial charge in [0.1, 0.15) is 6.20 Å². The molecule has 0 radical (unpaired) electrons. The third-order valence-electron chi connectivity index (χ3n) is 3.49. The highest BCUT2D eigenvalue weighted by Gasteiger charge is 2.20. The van der Waals surface area contributed by atoms with Gasteiger partial charge in [-0.25, -0.2) is 4.98 Å². The number of aromatic nitrogens is 1. The number of rotatable bonds is 2. The largest absolute Gasteiger partial charge is 0.287 e. The van der Waals surface area contributed by atoms with E-state index in [0.717, 1.165) is 16.2 Å². The lowest BCUT2D eigenvalue weighted by Gasteiger charge is -2.20. The molecule has 4 nitrogen and oxygen atoms in total. The molecule has 1 aromatic heterocycles. The quantitative estimate of drug-likeness (QED) is 0.368. The van der Waals surface area contributed by atoms with Crippen molar-refractivity contribution in [3.8, 4) is 11.3 Å². The van der Waals surface area contributed by atoms with Gasteiger partial charge in [0.15, 0.2) is 0 Å². The number of hydrogen-bond donors (Lipinski definition) is 0. The fourth-order valence-electron chi connectivity index (χ4n) is 2.40. The van der Waals surface area contributed by atoms with Gasteiger partial charge in [0.2, 0.25) is 0 Å². The predicted molar refractivity (Wildman–Crippen MR) is 91.0 cm³/mol. The van der Waals surface area contributed by atoms with Crippen LogP contribution < -0.4 is 0 Å². The number of hydrogen-bond acceptors (Lipinski definition) is 5. The Kier molecular flexibility index (Phi) is 3.55. The van der Waals surface area contributed by atoms with Crippen LogP contribution >= 0.6 is 23.5 Å². The Morgan fingerprint density at radius 1 is 0.870 bits per heavy atom. The summed E-state index contributed by atoms with van der Waals surface area (Å²) in [6.45, 7) is 0. The van der Waals surface area contributed by atoms with E-state index < -0.39 is 4.92 Å². The van der Waals surface area contributed by atoms with E-state index in [9.17, 15) is 10.1 Å². The molecule has 2 aromatic carbocycles. The third kappa shape index (κ3) is 2.60. The van der Waals surface area contributed by atoms with E-state index in [2.05, 4.69) is 23.2 Å². The maximum Gasteiger partial charge on any atom is 0.287 e. The first-order chi connectivity index (χ1) is 11.2. The third-order valence-corrected chi connectivity index (χ3v) is 6.11. The van der Waals surface area contributed by atoms with E-state index in [1.165, 1.54) is 26.9 Å². The molecule has 4 rings (SSSR count). The van der Waals surface area contributed by atoms with Crippen LogP contribution in [0, 0.1) is 10.1 Å². The second-order valence-corrected chi connectivity index (χ2v) is 7.08. The highest BCUT2D eigenvalue weighted by molar-refractivity contribution is 8.05. The molecule has 0 bridgehead atoms. The summed E-state index contributed by atoms with van der Waals surface area (Å²) >= 11 is 3.46. The van der Waals surface area contributed by atoms with Gasteiger partial charge in [-0.05, 0) is 24.3 Å². The maximum absolute atomic E-state index is 10.8. The van der Waals surface area contributed by atoms with Crippen molar-refractivity contribution in [1.82, 2.24) is 4.98 Å². The van der Waals surface area contributed by atoms with E-state index in [0.29, 0.717) is 0 Å². The van der Waals surface area contributed by atoms with E-state index in [1.54, 1.807) is 29.6 Å². The van der Waals surface area contributed by atoms with Gasteiger partial charge in [0, 0.05) is 31.2 Å². The van der Waals surface area contributed by atoms with Crippen molar-refractivity contribution in [2.75, 3.05) is 0 Å². The van der Waals surface area contributed by atoms with Crippen LogP contribution in [0.3, 0.4) is 0 Å². The zero-order chi connectivity index (χ0) is 15.8. The van der Waals surface area contributed by atoms with Crippen LogP contribution in [-0.4, -0.2) is 9.91 Å². The van der Waals surface area contributed by atoms with Crippen LogP contribution in [0.5, 0.6) is 0 Å². The molecule has 0 N–H and O–H groups in total. The summed E-state index contributed by atoms with van der Waals surface area (Å²) in [5.74, 6) is 0. The Morgan fingerprint density at radius 2 is 1.61 bits per heavy atom. The summed E-state index contributed by atoms with van der Waals surface area (Å²) in [7, 11) is 0. The zero-order valence-corrected chi connectivity index (χ0v) is 13.4. The molecule has 3 aromatic rings. The minimum absolute atomic E-state index is 0.00548. The standard InChI is InChI=1S/C17H10N2O2S2/c20-19(21)11-8-9-13(18-10-11)12-4-3-7-16-17(12)23-15-6-2-1-5-14(15)22-16/h1-10H. The van der Waals surface area contributed by atoms with Crippen LogP contribution in [0.25, 0.3) is 11.3 Å². The normalized spacial score (nSPS) is 12.3. The van der Waals surface area contributed by atoms with E-state index in [1.807, 2.05) is 24.3 Å². The second-order valence-electron chi connectivity index (χ2n) is 4.94. The molecule has 0 unspecified atom stereocenters. The fraction of sp³-hybridized carbons (Fsp3) is 0. The van der Waals surface area contributed by atoms with Crippen LogP contribution in [0.1, 0.15) is 0 Å². The zero-order valence-electron chi connectivity index (χ0n) is 11.8. The SMILES string of the molecule is O=[N+]([O-])c1ccc(-c2cccc3c2Sc2ccccc2S3)nc1. The molecule has 6 heteroatoms. The average molecular weight is 338 g/mol. The molecule has 112 valence electrons. The topological polar surface area (TPSA) is 56.0 Å². The molecule has 0 spiro atoms. The molecular formula is C17H10N2O2S2. The first-order valence-corrected chi connectivity index (χ1v) is 8.54. The average Bonchev–Trinajstić information content (AvgIpc) is 2.59. The molecule has 0 atom stereocenters. The Hall–Kier alpha value is -2.31. The van der Waals surface area contributed by atoms with Crippen LogP contribution in [0.2, 0.25) is 0 Å². The molecular weight excluding hydrogens is 328 g/mol. The van der Waals surface area contributed by atoms with Gasteiger partial charge >= 0.3 is 0 Å². The number of nitrogens with zero attached hydrogens (tertiary/aromatic N) is 2. The monoisotopic (exact) mass is 338 g/mol. The van der Waals surface area contributed by atoms with Crippen molar-refractivity contribution < 1.29 is 4.92 Å². The van der Waals surface area contributed by atoms with Crippen LogP contribution in [-0.2, 0) is 0 Å². The minimum atomic E-state index is -0.432.